The highest BCUT2D eigenvalue weighted by molar-refractivity contribution is 5.80. The minimum absolute atomic E-state index is 0.286. The van der Waals surface area contributed by atoms with Crippen LogP contribution < -0.4 is 10.5 Å². The molecule has 1 aromatic heterocycles. The van der Waals surface area contributed by atoms with E-state index in [1.165, 1.54) is 19.3 Å². The normalized spacial score (nSPS) is 22.4. The first-order chi connectivity index (χ1) is 9.08. The first-order valence-corrected chi connectivity index (χ1v) is 6.88. The number of nitrogens with zero attached hydrogens (tertiary/aromatic N) is 2. The van der Waals surface area contributed by atoms with Gasteiger partial charge < -0.3 is 10.5 Å². The molecule has 2 fully saturated rings. The summed E-state index contributed by atoms with van der Waals surface area (Å²) in [6.07, 6.45) is 6.66. The van der Waals surface area contributed by atoms with Gasteiger partial charge in [-0.1, -0.05) is 6.42 Å². The first-order valence-electron chi connectivity index (χ1n) is 6.88. The molecule has 2 N–H and O–H groups in total. The van der Waals surface area contributed by atoms with Crippen LogP contribution in [0, 0.1) is 5.41 Å². The van der Waals surface area contributed by atoms with Crippen molar-refractivity contribution >= 4 is 5.91 Å². The second kappa shape index (κ2) is 4.47. The van der Waals surface area contributed by atoms with Gasteiger partial charge in [-0.15, -0.1) is 5.10 Å². The van der Waals surface area contributed by atoms with Gasteiger partial charge in [0.25, 0.3) is 0 Å². The molecular formula is C14H19N3O2. The molecule has 1 spiro atoms. The van der Waals surface area contributed by atoms with Gasteiger partial charge in [-0.05, 0) is 44.1 Å². The van der Waals surface area contributed by atoms with E-state index in [1.54, 1.807) is 19.1 Å². The molecule has 0 aliphatic heterocycles. The smallest absolute Gasteiger partial charge is 0.233 e. The summed E-state index contributed by atoms with van der Waals surface area (Å²) in [5.41, 5.74) is 6.41. The van der Waals surface area contributed by atoms with Crippen molar-refractivity contribution in [2.24, 2.45) is 11.1 Å². The lowest BCUT2D eigenvalue weighted by Gasteiger charge is -2.53. The van der Waals surface area contributed by atoms with E-state index in [1.807, 2.05) is 0 Å². The molecule has 0 aromatic carbocycles. The highest BCUT2D eigenvalue weighted by atomic mass is 16.5. The third kappa shape index (κ3) is 2.29. The summed E-state index contributed by atoms with van der Waals surface area (Å²) in [6, 6.07) is 3.53. The predicted molar refractivity (Wildman–Crippen MR) is 69.6 cm³/mol. The molecule has 102 valence electrons. The minimum Gasteiger partial charge on any atom is -0.473 e. The zero-order valence-electron chi connectivity index (χ0n) is 11.1. The lowest BCUT2D eigenvalue weighted by atomic mass is 9.55. The maximum atomic E-state index is 11.1. The number of primary amides is 1. The Kier molecular flexibility index (Phi) is 2.92. The fourth-order valence-electron chi connectivity index (χ4n) is 3.02. The maximum absolute atomic E-state index is 11.1. The molecule has 0 bridgehead atoms. The molecular weight excluding hydrogens is 242 g/mol. The van der Waals surface area contributed by atoms with Crippen molar-refractivity contribution in [3.05, 3.63) is 17.8 Å². The number of hydrogen-bond donors (Lipinski definition) is 1. The Morgan fingerprint density at radius 3 is 2.63 bits per heavy atom. The van der Waals surface area contributed by atoms with Crippen molar-refractivity contribution in [2.45, 2.75) is 51.0 Å². The monoisotopic (exact) mass is 261 g/mol. The maximum Gasteiger partial charge on any atom is 0.233 e. The molecule has 5 heteroatoms. The Morgan fingerprint density at radius 2 is 2.16 bits per heavy atom. The largest absolute Gasteiger partial charge is 0.473 e. The summed E-state index contributed by atoms with van der Waals surface area (Å²) >= 11 is 0. The summed E-state index contributed by atoms with van der Waals surface area (Å²) in [5, 5.41) is 8.02. The highest BCUT2D eigenvalue weighted by Gasteiger charge is 2.49. The van der Waals surface area contributed by atoms with Crippen LogP contribution in [0.2, 0.25) is 0 Å². The van der Waals surface area contributed by atoms with Crippen LogP contribution in [0.4, 0.5) is 0 Å². The molecule has 1 aromatic rings. The molecule has 0 saturated heterocycles. The van der Waals surface area contributed by atoms with E-state index in [9.17, 15) is 4.79 Å². The van der Waals surface area contributed by atoms with Crippen LogP contribution >= 0.6 is 0 Å². The second-order valence-electron chi connectivity index (χ2n) is 5.92. The summed E-state index contributed by atoms with van der Waals surface area (Å²) in [5.74, 6) is -0.267. The third-order valence-corrected chi connectivity index (χ3v) is 4.55. The molecule has 3 rings (SSSR count). The van der Waals surface area contributed by atoms with Gasteiger partial charge in [0.1, 0.15) is 6.10 Å². The fourth-order valence-corrected chi connectivity index (χ4v) is 3.02. The topological polar surface area (TPSA) is 78.1 Å². The van der Waals surface area contributed by atoms with Crippen molar-refractivity contribution in [3.8, 4) is 5.88 Å². The van der Waals surface area contributed by atoms with Crippen LogP contribution in [0.1, 0.15) is 50.6 Å². The van der Waals surface area contributed by atoms with Gasteiger partial charge in [0.15, 0.2) is 0 Å². The van der Waals surface area contributed by atoms with Crippen molar-refractivity contribution in [3.63, 3.8) is 0 Å². The van der Waals surface area contributed by atoms with Crippen molar-refractivity contribution in [1.29, 1.82) is 0 Å². The molecule has 5 nitrogen and oxygen atoms in total. The van der Waals surface area contributed by atoms with Crippen LogP contribution in [-0.2, 0) is 4.79 Å². The predicted octanol–water partition coefficient (Wildman–Crippen LogP) is 1.78. The van der Waals surface area contributed by atoms with Gasteiger partial charge in [-0.2, -0.15) is 5.10 Å². The zero-order chi connectivity index (χ0) is 13.5. The van der Waals surface area contributed by atoms with E-state index in [-0.39, 0.29) is 6.10 Å². The lowest BCUT2D eigenvalue weighted by Crippen LogP contribution is -2.48. The Bertz CT molecular complexity index is 474. The molecule has 1 heterocycles. The quantitative estimate of drug-likeness (QED) is 0.896. The van der Waals surface area contributed by atoms with Gasteiger partial charge in [-0.3, -0.25) is 4.79 Å². The van der Waals surface area contributed by atoms with Gasteiger partial charge in [0, 0.05) is 6.07 Å². The van der Waals surface area contributed by atoms with E-state index < -0.39 is 11.8 Å². The summed E-state index contributed by atoms with van der Waals surface area (Å²) in [6.45, 7) is 1.72. The summed E-state index contributed by atoms with van der Waals surface area (Å²) < 4.78 is 5.79. The van der Waals surface area contributed by atoms with E-state index in [4.69, 9.17) is 10.5 Å². The lowest BCUT2D eigenvalue weighted by molar-refractivity contribution is -0.119. The van der Waals surface area contributed by atoms with E-state index >= 15 is 0 Å². The molecule has 2 aliphatic rings. The van der Waals surface area contributed by atoms with Crippen LogP contribution in [0.3, 0.4) is 0 Å². The number of hydrogen-bond acceptors (Lipinski definition) is 4. The molecule has 1 unspecified atom stereocenters. The highest BCUT2D eigenvalue weighted by Crippen LogP contribution is 2.56. The number of ether oxygens (including phenoxy) is 1. The number of aromatic nitrogens is 2. The van der Waals surface area contributed by atoms with Crippen LogP contribution in [0.5, 0.6) is 5.88 Å². The number of rotatable bonds is 4. The van der Waals surface area contributed by atoms with E-state index in [0.29, 0.717) is 17.0 Å². The number of nitrogens with two attached hydrogens (primary N) is 1. The standard InChI is InChI=1S/C14H19N3O2/c1-9(13(15)18)11-3-4-12(17-16-11)19-10-7-14(8-10)5-2-6-14/h3-4,9-10H,2,5-8H2,1H3,(H2,15,18). The summed E-state index contributed by atoms with van der Waals surface area (Å²) in [7, 11) is 0. The van der Waals surface area contributed by atoms with Gasteiger partial charge >= 0.3 is 0 Å². The van der Waals surface area contributed by atoms with Crippen LogP contribution in [-0.4, -0.2) is 22.2 Å². The fraction of sp³-hybridized carbons (Fsp3) is 0.643. The summed E-state index contributed by atoms with van der Waals surface area (Å²) in [4.78, 5) is 11.1. The minimum atomic E-state index is -0.413. The number of amides is 1. The molecule has 1 atom stereocenters. The third-order valence-electron chi connectivity index (χ3n) is 4.55. The van der Waals surface area contributed by atoms with E-state index in [2.05, 4.69) is 10.2 Å². The van der Waals surface area contributed by atoms with Crippen LogP contribution in [0.25, 0.3) is 0 Å². The average Bonchev–Trinajstić information content (AvgIpc) is 2.30. The van der Waals surface area contributed by atoms with Crippen molar-refractivity contribution in [2.75, 3.05) is 0 Å². The zero-order valence-corrected chi connectivity index (χ0v) is 11.1. The number of carbonyl (C=O) groups is 1. The van der Waals surface area contributed by atoms with E-state index in [0.717, 1.165) is 12.8 Å². The first kappa shape index (κ1) is 12.4. The van der Waals surface area contributed by atoms with Gasteiger partial charge in [0.2, 0.25) is 11.8 Å². The SMILES string of the molecule is CC(C(N)=O)c1ccc(OC2CC3(CCC3)C2)nn1. The molecule has 19 heavy (non-hydrogen) atoms. The molecule has 2 saturated carbocycles. The second-order valence-corrected chi connectivity index (χ2v) is 5.92. The van der Waals surface area contributed by atoms with Gasteiger partial charge in [0.05, 0.1) is 11.6 Å². The number of carbonyl (C=O) groups excluding carboxylic acids is 1. The Labute approximate surface area is 112 Å². The van der Waals surface area contributed by atoms with Gasteiger partial charge in [-0.25, -0.2) is 0 Å². The molecule has 2 aliphatic carbocycles. The van der Waals surface area contributed by atoms with Crippen molar-refractivity contribution in [1.82, 2.24) is 10.2 Å². The van der Waals surface area contributed by atoms with Crippen molar-refractivity contribution < 1.29 is 9.53 Å². The Hall–Kier alpha value is -1.65. The molecule has 0 radical (unpaired) electrons. The average molecular weight is 261 g/mol. The molecule has 1 amide bonds. The van der Waals surface area contributed by atoms with Crippen LogP contribution in [0.15, 0.2) is 12.1 Å². The Balaban J connectivity index is 1.56. The Morgan fingerprint density at radius 1 is 1.42 bits per heavy atom.